The monoisotopic (exact) mass is 225 g/mol. The Kier molecular flexibility index (Phi) is 3.77. The van der Waals surface area contributed by atoms with Gasteiger partial charge in [0.05, 0.1) is 12.5 Å². The van der Waals surface area contributed by atoms with E-state index in [0.717, 1.165) is 25.9 Å². The first kappa shape index (κ1) is 11.4. The van der Waals surface area contributed by atoms with E-state index in [4.69, 9.17) is 4.52 Å². The quantitative estimate of drug-likeness (QED) is 0.820. The minimum atomic E-state index is -0.364. The van der Waals surface area contributed by atoms with Crippen LogP contribution in [0.25, 0.3) is 0 Å². The maximum Gasteiger partial charge on any atom is 0.266 e. The van der Waals surface area contributed by atoms with Crippen molar-refractivity contribution in [3.8, 4) is 0 Å². The van der Waals surface area contributed by atoms with Crippen molar-refractivity contribution >= 4 is 5.95 Å². The molecule has 0 bridgehead atoms. The second-order valence-electron chi connectivity index (χ2n) is 4.33. The molecule has 1 atom stereocenters. The first-order valence-corrected chi connectivity index (χ1v) is 6.05. The fourth-order valence-corrected chi connectivity index (χ4v) is 2.01. The lowest BCUT2D eigenvalue weighted by molar-refractivity contribution is 0.152. The predicted octanol–water partition coefficient (Wildman–Crippen LogP) is 1.37. The van der Waals surface area contributed by atoms with E-state index in [9.17, 15) is 5.11 Å². The lowest BCUT2D eigenvalue weighted by Gasteiger charge is -2.09. The molecule has 1 aliphatic heterocycles. The van der Waals surface area contributed by atoms with Crippen molar-refractivity contribution in [2.75, 3.05) is 18.0 Å². The molecule has 0 radical (unpaired) electrons. The Hall–Kier alpha value is -1.10. The molecule has 0 amide bonds. The highest BCUT2D eigenvalue weighted by molar-refractivity contribution is 5.28. The van der Waals surface area contributed by atoms with Crippen LogP contribution in [0, 0.1) is 0 Å². The number of aliphatic hydroxyl groups excluding tert-OH is 1. The minimum Gasteiger partial charge on any atom is -0.393 e. The van der Waals surface area contributed by atoms with Gasteiger partial charge >= 0.3 is 0 Å². The molecule has 16 heavy (non-hydrogen) atoms. The maximum absolute atomic E-state index is 9.64. The second-order valence-corrected chi connectivity index (χ2v) is 4.33. The zero-order valence-corrected chi connectivity index (χ0v) is 9.72. The molecule has 1 saturated heterocycles. The van der Waals surface area contributed by atoms with Crippen molar-refractivity contribution in [3.05, 3.63) is 5.89 Å². The van der Waals surface area contributed by atoms with Gasteiger partial charge in [0.2, 0.25) is 5.89 Å². The predicted molar refractivity (Wildman–Crippen MR) is 60.4 cm³/mol. The van der Waals surface area contributed by atoms with Crippen LogP contribution in [0.5, 0.6) is 0 Å². The molecule has 5 heteroatoms. The fourth-order valence-electron chi connectivity index (χ4n) is 2.01. The summed E-state index contributed by atoms with van der Waals surface area (Å²) in [6.45, 7) is 4.07. The standard InChI is InChI=1S/C11H19N3O2/c1-2-5-9(15)8-10-12-11(13-16-10)14-6-3-4-7-14/h9,15H,2-8H2,1H3. The average Bonchev–Trinajstić information content (AvgIpc) is 2.86. The third-order valence-electron chi connectivity index (χ3n) is 2.88. The summed E-state index contributed by atoms with van der Waals surface area (Å²) in [6.07, 6.45) is 4.24. The molecule has 1 N–H and O–H groups in total. The van der Waals surface area contributed by atoms with Crippen molar-refractivity contribution in [1.29, 1.82) is 0 Å². The van der Waals surface area contributed by atoms with Gasteiger partial charge in [-0.05, 0) is 24.4 Å². The number of rotatable bonds is 5. The summed E-state index contributed by atoms with van der Waals surface area (Å²) < 4.78 is 5.13. The van der Waals surface area contributed by atoms with Gasteiger partial charge in [0.1, 0.15) is 0 Å². The van der Waals surface area contributed by atoms with Gasteiger partial charge in [-0.15, -0.1) is 0 Å². The zero-order chi connectivity index (χ0) is 11.4. The SMILES string of the molecule is CCCC(O)Cc1nc(N2CCCC2)no1. The number of anilines is 1. The first-order chi connectivity index (χ1) is 7.79. The summed E-state index contributed by atoms with van der Waals surface area (Å²) in [6, 6.07) is 0. The van der Waals surface area contributed by atoms with Gasteiger partial charge in [0.25, 0.3) is 5.95 Å². The van der Waals surface area contributed by atoms with Crippen molar-refractivity contribution in [1.82, 2.24) is 10.1 Å². The van der Waals surface area contributed by atoms with Crippen LogP contribution in [0.4, 0.5) is 5.95 Å². The number of hydrogen-bond acceptors (Lipinski definition) is 5. The summed E-state index contributed by atoms with van der Waals surface area (Å²) >= 11 is 0. The van der Waals surface area contributed by atoms with Crippen LogP contribution >= 0.6 is 0 Å². The van der Waals surface area contributed by atoms with Gasteiger partial charge < -0.3 is 14.5 Å². The Morgan fingerprint density at radius 1 is 1.44 bits per heavy atom. The molecule has 1 aromatic rings. The van der Waals surface area contributed by atoms with Gasteiger partial charge in [-0.1, -0.05) is 13.3 Å². The van der Waals surface area contributed by atoms with Crippen molar-refractivity contribution in [2.24, 2.45) is 0 Å². The molecule has 1 unspecified atom stereocenters. The molecule has 90 valence electrons. The Bertz CT molecular complexity index is 321. The van der Waals surface area contributed by atoms with Crippen LogP contribution in [0.15, 0.2) is 4.52 Å². The Morgan fingerprint density at radius 2 is 2.19 bits per heavy atom. The first-order valence-electron chi connectivity index (χ1n) is 6.05. The topological polar surface area (TPSA) is 62.4 Å². The van der Waals surface area contributed by atoms with E-state index in [-0.39, 0.29) is 6.10 Å². The van der Waals surface area contributed by atoms with Gasteiger partial charge in [0.15, 0.2) is 0 Å². The van der Waals surface area contributed by atoms with Crippen LogP contribution in [-0.2, 0) is 6.42 Å². The molecule has 2 rings (SSSR count). The normalized spacial score (nSPS) is 18.0. The molecule has 2 heterocycles. The fraction of sp³-hybridized carbons (Fsp3) is 0.818. The molecule has 1 aromatic heterocycles. The van der Waals surface area contributed by atoms with Crippen LogP contribution in [-0.4, -0.2) is 34.4 Å². The summed E-state index contributed by atoms with van der Waals surface area (Å²) in [7, 11) is 0. The van der Waals surface area contributed by atoms with E-state index < -0.39 is 0 Å². The second kappa shape index (κ2) is 5.30. The molecular formula is C11H19N3O2. The molecule has 0 saturated carbocycles. The number of nitrogens with zero attached hydrogens (tertiary/aromatic N) is 3. The lowest BCUT2D eigenvalue weighted by Crippen LogP contribution is -2.19. The molecule has 0 spiro atoms. The third kappa shape index (κ3) is 2.72. The maximum atomic E-state index is 9.64. The number of hydrogen-bond donors (Lipinski definition) is 1. The molecule has 1 aliphatic rings. The van der Waals surface area contributed by atoms with Gasteiger partial charge in [-0.3, -0.25) is 0 Å². The van der Waals surface area contributed by atoms with Crippen molar-refractivity contribution < 1.29 is 9.63 Å². The van der Waals surface area contributed by atoms with Crippen LogP contribution in [0.2, 0.25) is 0 Å². The highest BCUT2D eigenvalue weighted by Crippen LogP contribution is 2.17. The van der Waals surface area contributed by atoms with Crippen molar-refractivity contribution in [2.45, 2.75) is 45.1 Å². The highest BCUT2D eigenvalue weighted by Gasteiger charge is 2.18. The van der Waals surface area contributed by atoms with E-state index >= 15 is 0 Å². The van der Waals surface area contributed by atoms with Crippen LogP contribution < -0.4 is 4.90 Å². The average molecular weight is 225 g/mol. The highest BCUT2D eigenvalue weighted by atomic mass is 16.5. The van der Waals surface area contributed by atoms with Crippen molar-refractivity contribution in [3.63, 3.8) is 0 Å². The van der Waals surface area contributed by atoms with Gasteiger partial charge in [0, 0.05) is 13.1 Å². The summed E-state index contributed by atoms with van der Waals surface area (Å²) in [5, 5.41) is 13.6. The smallest absolute Gasteiger partial charge is 0.266 e. The van der Waals surface area contributed by atoms with E-state index in [1.807, 2.05) is 6.92 Å². The third-order valence-corrected chi connectivity index (χ3v) is 2.88. The molecule has 5 nitrogen and oxygen atoms in total. The summed E-state index contributed by atoms with van der Waals surface area (Å²) in [4.78, 5) is 6.43. The van der Waals surface area contributed by atoms with E-state index in [0.29, 0.717) is 18.3 Å². The summed E-state index contributed by atoms with van der Waals surface area (Å²) in [5.74, 6) is 1.22. The molecule has 1 fully saturated rings. The molecule has 0 aromatic carbocycles. The van der Waals surface area contributed by atoms with Gasteiger partial charge in [-0.25, -0.2) is 0 Å². The van der Waals surface area contributed by atoms with Crippen LogP contribution in [0.1, 0.15) is 38.5 Å². The van der Waals surface area contributed by atoms with Gasteiger partial charge in [-0.2, -0.15) is 4.98 Å². The largest absolute Gasteiger partial charge is 0.393 e. The van der Waals surface area contributed by atoms with Crippen LogP contribution in [0.3, 0.4) is 0 Å². The Balaban J connectivity index is 1.91. The number of aliphatic hydroxyl groups is 1. The van der Waals surface area contributed by atoms with E-state index in [1.165, 1.54) is 12.8 Å². The van der Waals surface area contributed by atoms with E-state index in [1.54, 1.807) is 0 Å². The zero-order valence-electron chi connectivity index (χ0n) is 9.72. The summed E-state index contributed by atoms with van der Waals surface area (Å²) in [5.41, 5.74) is 0. The molecule has 0 aliphatic carbocycles. The lowest BCUT2D eigenvalue weighted by atomic mass is 10.1. The van der Waals surface area contributed by atoms with E-state index in [2.05, 4.69) is 15.0 Å². The molecular weight excluding hydrogens is 206 g/mol. The Labute approximate surface area is 95.4 Å². The number of aromatic nitrogens is 2. The minimum absolute atomic E-state index is 0.364. The Morgan fingerprint density at radius 3 is 2.88 bits per heavy atom.